The number of nitrogens with one attached hydrogen (secondary N) is 2. The van der Waals surface area contributed by atoms with Gasteiger partial charge < -0.3 is 10.3 Å². The zero-order valence-electron chi connectivity index (χ0n) is 14.2. The molecule has 0 aliphatic carbocycles. The quantitative estimate of drug-likeness (QED) is 0.605. The second kappa shape index (κ2) is 8.43. The second-order valence-corrected chi connectivity index (χ2v) is 6.53. The Hall–Kier alpha value is -2.94. The van der Waals surface area contributed by atoms with Crippen LogP contribution in [0.1, 0.15) is 22.0 Å². The number of nitrogens with zero attached hydrogens (tertiary/aromatic N) is 4. The Kier molecular flexibility index (Phi) is 5.80. The monoisotopic (exact) mass is 370 g/mol. The lowest BCUT2D eigenvalue weighted by atomic mass is 10.3. The van der Waals surface area contributed by atoms with Crippen LogP contribution in [0.25, 0.3) is 0 Å². The van der Waals surface area contributed by atoms with Gasteiger partial charge in [-0.25, -0.2) is 9.97 Å². The first kappa shape index (κ1) is 17.9. The second-order valence-electron chi connectivity index (χ2n) is 5.48. The molecule has 3 rings (SSSR count). The molecular formula is C17H18N6O2S. The van der Waals surface area contributed by atoms with Crippen LogP contribution in [0.2, 0.25) is 0 Å². The van der Waals surface area contributed by atoms with Crippen LogP contribution in [0.3, 0.4) is 0 Å². The van der Waals surface area contributed by atoms with Gasteiger partial charge in [-0.05, 0) is 12.1 Å². The molecule has 2 heterocycles. The van der Waals surface area contributed by atoms with Crippen molar-refractivity contribution >= 4 is 17.7 Å². The van der Waals surface area contributed by atoms with Gasteiger partial charge in [-0.3, -0.25) is 14.3 Å². The first-order valence-corrected chi connectivity index (χ1v) is 8.99. The van der Waals surface area contributed by atoms with Gasteiger partial charge in [-0.1, -0.05) is 18.2 Å². The molecule has 8 nitrogen and oxygen atoms in total. The first-order valence-electron chi connectivity index (χ1n) is 8.00. The maximum Gasteiger partial charge on any atom is 0.263 e. The Balaban J connectivity index is 1.55. The van der Waals surface area contributed by atoms with Crippen LogP contribution < -0.4 is 10.9 Å². The van der Waals surface area contributed by atoms with Gasteiger partial charge in [0.2, 0.25) is 0 Å². The van der Waals surface area contributed by atoms with Crippen LogP contribution in [-0.2, 0) is 19.2 Å². The van der Waals surface area contributed by atoms with Gasteiger partial charge in [0.05, 0.1) is 5.75 Å². The topological polar surface area (TPSA) is 106 Å². The number of carbonyl (C=O) groups is 1. The van der Waals surface area contributed by atoms with Gasteiger partial charge in [0.1, 0.15) is 23.5 Å². The molecule has 0 unspecified atom stereocenters. The predicted octanol–water partition coefficient (Wildman–Crippen LogP) is 1.16. The van der Waals surface area contributed by atoms with E-state index in [0.29, 0.717) is 24.5 Å². The summed E-state index contributed by atoms with van der Waals surface area (Å²) in [6.07, 6.45) is 3.30. The van der Waals surface area contributed by atoms with Gasteiger partial charge in [-0.2, -0.15) is 5.10 Å². The van der Waals surface area contributed by atoms with Crippen LogP contribution in [0.15, 0.2) is 52.5 Å². The summed E-state index contributed by atoms with van der Waals surface area (Å²) in [5, 5.41) is 6.66. The number of amides is 1. The van der Waals surface area contributed by atoms with Crippen molar-refractivity contribution in [3.05, 3.63) is 70.4 Å². The van der Waals surface area contributed by atoms with Gasteiger partial charge >= 0.3 is 0 Å². The predicted molar refractivity (Wildman–Crippen MR) is 97.9 cm³/mol. The number of hydrogen-bond acceptors (Lipinski definition) is 6. The fourth-order valence-electron chi connectivity index (χ4n) is 2.26. The van der Waals surface area contributed by atoms with E-state index >= 15 is 0 Å². The molecule has 0 radical (unpaired) electrons. The summed E-state index contributed by atoms with van der Waals surface area (Å²) in [5.41, 5.74) is -0.448. The fraction of sp³-hybridized carbons (Fsp3) is 0.235. The van der Waals surface area contributed by atoms with Gasteiger partial charge in [0.15, 0.2) is 0 Å². The van der Waals surface area contributed by atoms with Crippen molar-refractivity contribution in [3.63, 3.8) is 0 Å². The van der Waals surface area contributed by atoms with Gasteiger partial charge in [-0.15, -0.1) is 11.8 Å². The summed E-state index contributed by atoms with van der Waals surface area (Å²) in [4.78, 5) is 36.3. The number of H-pyrrole nitrogens is 1. The van der Waals surface area contributed by atoms with Crippen molar-refractivity contribution in [1.29, 1.82) is 0 Å². The summed E-state index contributed by atoms with van der Waals surface area (Å²) in [7, 11) is 1.78. The Morgan fingerprint density at radius 3 is 2.77 bits per heavy atom. The number of benzene rings is 1. The fourth-order valence-corrected chi connectivity index (χ4v) is 3.06. The van der Waals surface area contributed by atoms with Crippen molar-refractivity contribution < 1.29 is 4.79 Å². The molecule has 0 bridgehead atoms. The number of aromatic amines is 1. The lowest BCUT2D eigenvalue weighted by Crippen LogP contribution is -2.32. The number of hydrogen-bond donors (Lipinski definition) is 2. The van der Waals surface area contributed by atoms with E-state index in [9.17, 15) is 9.59 Å². The van der Waals surface area contributed by atoms with Gasteiger partial charge in [0, 0.05) is 31.1 Å². The normalized spacial score (nSPS) is 10.7. The van der Waals surface area contributed by atoms with E-state index in [4.69, 9.17) is 0 Å². The zero-order valence-corrected chi connectivity index (χ0v) is 15.0. The van der Waals surface area contributed by atoms with Crippen LogP contribution in [0, 0.1) is 0 Å². The average Bonchev–Trinajstić information content (AvgIpc) is 3.06. The van der Waals surface area contributed by atoms with Crippen molar-refractivity contribution in [2.45, 2.75) is 17.1 Å². The number of aromatic nitrogens is 5. The Morgan fingerprint density at radius 2 is 2.08 bits per heavy atom. The van der Waals surface area contributed by atoms with Crippen molar-refractivity contribution in [1.82, 2.24) is 30.0 Å². The minimum atomic E-state index is -0.455. The van der Waals surface area contributed by atoms with E-state index in [1.807, 2.05) is 30.3 Å². The molecule has 9 heteroatoms. The maximum absolute atomic E-state index is 12.2. The third-order valence-electron chi connectivity index (χ3n) is 3.65. The molecule has 0 saturated carbocycles. The molecule has 2 aromatic heterocycles. The molecule has 134 valence electrons. The highest BCUT2D eigenvalue weighted by molar-refractivity contribution is 7.98. The molecule has 0 saturated heterocycles. The average molecular weight is 370 g/mol. The van der Waals surface area contributed by atoms with E-state index in [1.165, 1.54) is 12.5 Å². The van der Waals surface area contributed by atoms with E-state index in [0.717, 1.165) is 10.7 Å². The first-order chi connectivity index (χ1) is 12.6. The molecule has 1 aromatic carbocycles. The highest BCUT2D eigenvalue weighted by Crippen LogP contribution is 2.19. The van der Waals surface area contributed by atoms with Crippen LogP contribution in [0.5, 0.6) is 0 Å². The maximum atomic E-state index is 12.2. The van der Waals surface area contributed by atoms with Crippen LogP contribution in [-0.4, -0.2) is 37.2 Å². The number of aryl methyl sites for hydroxylation is 1. The highest BCUT2D eigenvalue weighted by atomic mass is 32.2. The SMILES string of the molecule is Cn1ncnc1CCNC(=O)c1cnc(CSc2ccccc2)[nH]c1=O. The third kappa shape index (κ3) is 4.57. The Morgan fingerprint density at radius 1 is 1.27 bits per heavy atom. The van der Waals surface area contributed by atoms with Crippen molar-refractivity contribution in [2.24, 2.45) is 7.05 Å². The zero-order chi connectivity index (χ0) is 18.4. The number of thioether (sulfide) groups is 1. The van der Waals surface area contributed by atoms with Crippen molar-refractivity contribution in [3.8, 4) is 0 Å². The summed E-state index contributed by atoms with van der Waals surface area (Å²) >= 11 is 1.56. The van der Waals surface area contributed by atoms with Crippen LogP contribution >= 0.6 is 11.8 Å². The minimum Gasteiger partial charge on any atom is -0.351 e. The molecule has 3 aromatic rings. The molecule has 2 N–H and O–H groups in total. The Labute approximate surface area is 154 Å². The van der Waals surface area contributed by atoms with Crippen LogP contribution in [0.4, 0.5) is 0 Å². The summed E-state index contributed by atoms with van der Waals surface area (Å²) < 4.78 is 1.64. The molecule has 0 fully saturated rings. The molecule has 0 aliphatic heterocycles. The highest BCUT2D eigenvalue weighted by Gasteiger charge is 2.12. The summed E-state index contributed by atoms with van der Waals surface area (Å²) in [6, 6.07) is 9.82. The number of rotatable bonds is 7. The molecular weight excluding hydrogens is 352 g/mol. The van der Waals surface area contributed by atoms with Crippen molar-refractivity contribution in [2.75, 3.05) is 6.54 Å². The third-order valence-corrected chi connectivity index (χ3v) is 4.68. The lowest BCUT2D eigenvalue weighted by molar-refractivity contribution is 0.0952. The minimum absolute atomic E-state index is 0.00331. The summed E-state index contributed by atoms with van der Waals surface area (Å²) in [5.74, 6) is 1.35. The van der Waals surface area contributed by atoms with E-state index < -0.39 is 11.5 Å². The molecule has 1 amide bonds. The van der Waals surface area contributed by atoms with E-state index in [2.05, 4.69) is 25.4 Å². The lowest BCUT2D eigenvalue weighted by Gasteiger charge is -2.05. The molecule has 0 aliphatic rings. The van der Waals surface area contributed by atoms with E-state index in [1.54, 1.807) is 23.5 Å². The number of carbonyl (C=O) groups excluding carboxylic acids is 1. The Bertz CT molecular complexity index is 938. The standard InChI is InChI=1S/C17H18N6O2S/c1-23-15(20-11-21-23)7-8-18-16(24)13-9-19-14(22-17(13)25)10-26-12-5-3-2-4-6-12/h2-6,9,11H,7-8,10H2,1H3,(H,18,24)(H,19,22,25). The molecule has 0 spiro atoms. The smallest absolute Gasteiger partial charge is 0.263 e. The van der Waals surface area contributed by atoms with Gasteiger partial charge in [0.25, 0.3) is 11.5 Å². The van der Waals surface area contributed by atoms with E-state index in [-0.39, 0.29) is 5.56 Å². The molecule has 26 heavy (non-hydrogen) atoms. The molecule has 0 atom stereocenters. The summed E-state index contributed by atoms with van der Waals surface area (Å²) in [6.45, 7) is 0.358. The largest absolute Gasteiger partial charge is 0.351 e.